The zero-order valence-corrected chi connectivity index (χ0v) is 6.44. The second kappa shape index (κ2) is 4.14. The van der Waals surface area contributed by atoms with Crippen LogP contribution in [0.2, 0.25) is 0 Å². The van der Waals surface area contributed by atoms with E-state index in [-0.39, 0.29) is 0 Å². The molecule has 0 bridgehead atoms. The van der Waals surface area contributed by atoms with Crippen LogP contribution in [0.1, 0.15) is 11.1 Å². The van der Waals surface area contributed by atoms with Crippen molar-refractivity contribution in [1.29, 1.82) is 5.26 Å². The average Bonchev–Trinajstić information content (AvgIpc) is 2.15. The van der Waals surface area contributed by atoms with Crippen molar-refractivity contribution in [1.82, 2.24) is 0 Å². The van der Waals surface area contributed by atoms with E-state index in [1.54, 1.807) is 12.1 Å². The van der Waals surface area contributed by atoms with Gasteiger partial charge in [0.25, 0.3) is 0 Å². The van der Waals surface area contributed by atoms with Crippen LogP contribution in [0.5, 0.6) is 0 Å². The van der Waals surface area contributed by atoms with Crippen molar-refractivity contribution < 1.29 is 5.21 Å². The van der Waals surface area contributed by atoms with Crippen LogP contribution in [0.3, 0.4) is 0 Å². The van der Waals surface area contributed by atoms with Crippen LogP contribution in [0.4, 0.5) is 0 Å². The lowest BCUT2D eigenvalue weighted by Gasteiger charge is -1.93. The SMILES string of the molecule is N#Cc1ccc(C/C=N\O)cc1. The summed E-state index contributed by atoms with van der Waals surface area (Å²) in [5.41, 5.74) is 1.66. The second-order valence-corrected chi connectivity index (χ2v) is 2.31. The quantitative estimate of drug-likeness (QED) is 0.405. The summed E-state index contributed by atoms with van der Waals surface area (Å²) in [5.74, 6) is 0. The van der Waals surface area contributed by atoms with E-state index in [0.717, 1.165) is 5.56 Å². The fraction of sp³-hybridized carbons (Fsp3) is 0.111. The third kappa shape index (κ3) is 2.10. The Labute approximate surface area is 70.6 Å². The number of nitriles is 1. The molecule has 0 aliphatic carbocycles. The van der Waals surface area contributed by atoms with Gasteiger partial charge in [-0.25, -0.2) is 0 Å². The molecule has 1 aromatic rings. The van der Waals surface area contributed by atoms with Crippen molar-refractivity contribution in [3.8, 4) is 6.07 Å². The summed E-state index contributed by atoms with van der Waals surface area (Å²) in [6.45, 7) is 0. The molecule has 3 nitrogen and oxygen atoms in total. The van der Waals surface area contributed by atoms with Crippen LogP contribution in [0.25, 0.3) is 0 Å². The Morgan fingerprint density at radius 3 is 2.58 bits per heavy atom. The van der Waals surface area contributed by atoms with Gasteiger partial charge in [0.1, 0.15) is 0 Å². The first-order valence-corrected chi connectivity index (χ1v) is 3.51. The molecule has 1 aromatic carbocycles. The van der Waals surface area contributed by atoms with Gasteiger partial charge in [-0.2, -0.15) is 5.26 Å². The van der Waals surface area contributed by atoms with Gasteiger partial charge >= 0.3 is 0 Å². The lowest BCUT2D eigenvalue weighted by atomic mass is 10.1. The molecule has 1 N–H and O–H groups in total. The van der Waals surface area contributed by atoms with E-state index in [9.17, 15) is 0 Å². The first-order valence-electron chi connectivity index (χ1n) is 3.51. The van der Waals surface area contributed by atoms with Gasteiger partial charge in [0.05, 0.1) is 11.6 Å². The van der Waals surface area contributed by atoms with E-state index in [4.69, 9.17) is 10.5 Å². The van der Waals surface area contributed by atoms with Crippen molar-refractivity contribution in [3.05, 3.63) is 35.4 Å². The monoisotopic (exact) mass is 160 g/mol. The fourth-order valence-corrected chi connectivity index (χ4v) is 0.862. The van der Waals surface area contributed by atoms with Gasteiger partial charge in [-0.3, -0.25) is 0 Å². The Bertz CT molecular complexity index is 308. The van der Waals surface area contributed by atoms with Crippen LogP contribution in [0, 0.1) is 11.3 Å². The average molecular weight is 160 g/mol. The molecule has 0 saturated heterocycles. The molecule has 0 saturated carbocycles. The molecule has 0 fully saturated rings. The molecule has 0 heterocycles. The smallest absolute Gasteiger partial charge is 0.0991 e. The molecule has 3 heteroatoms. The molecule has 1 rings (SSSR count). The minimum Gasteiger partial charge on any atom is -0.411 e. The third-order valence-electron chi connectivity index (χ3n) is 1.49. The molecule has 0 radical (unpaired) electrons. The van der Waals surface area contributed by atoms with E-state index in [1.165, 1.54) is 6.21 Å². The van der Waals surface area contributed by atoms with Crippen molar-refractivity contribution in [2.45, 2.75) is 6.42 Å². The van der Waals surface area contributed by atoms with Gasteiger partial charge < -0.3 is 5.21 Å². The van der Waals surface area contributed by atoms with Crippen molar-refractivity contribution in [3.63, 3.8) is 0 Å². The van der Waals surface area contributed by atoms with Gasteiger partial charge in [-0.15, -0.1) is 5.16 Å². The summed E-state index contributed by atoms with van der Waals surface area (Å²) in [6.07, 6.45) is 1.99. The molecule has 0 spiro atoms. The predicted molar refractivity (Wildman–Crippen MR) is 45.1 cm³/mol. The molecule has 0 aliphatic heterocycles. The van der Waals surface area contributed by atoms with Crippen LogP contribution in [0.15, 0.2) is 29.4 Å². The summed E-state index contributed by atoms with van der Waals surface area (Å²) in [7, 11) is 0. The topological polar surface area (TPSA) is 56.4 Å². The Balaban J connectivity index is 2.73. The van der Waals surface area contributed by atoms with Crippen LogP contribution < -0.4 is 0 Å². The van der Waals surface area contributed by atoms with Crippen molar-refractivity contribution >= 4 is 6.21 Å². The molecule has 0 amide bonds. The van der Waals surface area contributed by atoms with E-state index in [2.05, 4.69) is 5.16 Å². The Kier molecular flexibility index (Phi) is 2.86. The molecule has 0 unspecified atom stereocenters. The Morgan fingerprint density at radius 2 is 2.08 bits per heavy atom. The highest BCUT2D eigenvalue weighted by molar-refractivity contribution is 5.60. The van der Waals surface area contributed by atoms with Crippen molar-refractivity contribution in [2.75, 3.05) is 0 Å². The van der Waals surface area contributed by atoms with Crippen LogP contribution in [-0.2, 0) is 6.42 Å². The number of oxime groups is 1. The minimum absolute atomic E-state index is 0.586. The van der Waals surface area contributed by atoms with E-state index in [1.807, 2.05) is 18.2 Å². The molecule has 12 heavy (non-hydrogen) atoms. The summed E-state index contributed by atoms with van der Waals surface area (Å²) in [6, 6.07) is 9.17. The molecule has 0 atom stereocenters. The number of hydrogen-bond acceptors (Lipinski definition) is 3. The highest BCUT2D eigenvalue weighted by Crippen LogP contribution is 2.02. The number of hydrogen-bond donors (Lipinski definition) is 1. The van der Waals surface area contributed by atoms with E-state index >= 15 is 0 Å². The lowest BCUT2D eigenvalue weighted by Crippen LogP contribution is -1.85. The third-order valence-corrected chi connectivity index (χ3v) is 1.49. The molecular formula is C9H8N2O. The summed E-state index contributed by atoms with van der Waals surface area (Å²) < 4.78 is 0. The van der Waals surface area contributed by atoms with E-state index < -0.39 is 0 Å². The van der Waals surface area contributed by atoms with Gasteiger partial charge in [-0.05, 0) is 17.7 Å². The summed E-state index contributed by atoms with van der Waals surface area (Å²) in [5, 5.41) is 19.5. The summed E-state index contributed by atoms with van der Waals surface area (Å²) >= 11 is 0. The maximum Gasteiger partial charge on any atom is 0.0991 e. The largest absolute Gasteiger partial charge is 0.411 e. The molecule has 60 valence electrons. The molecule has 0 aromatic heterocycles. The Morgan fingerprint density at radius 1 is 1.42 bits per heavy atom. The predicted octanol–water partition coefficient (Wildman–Crippen LogP) is 1.56. The number of benzene rings is 1. The first kappa shape index (κ1) is 8.28. The zero-order chi connectivity index (χ0) is 8.81. The summed E-state index contributed by atoms with van der Waals surface area (Å²) in [4.78, 5) is 0. The zero-order valence-electron chi connectivity index (χ0n) is 6.44. The highest BCUT2D eigenvalue weighted by atomic mass is 16.4. The second-order valence-electron chi connectivity index (χ2n) is 2.31. The molecular weight excluding hydrogens is 152 g/mol. The molecule has 0 aliphatic rings. The normalized spacial score (nSPS) is 9.92. The maximum atomic E-state index is 8.49. The Hall–Kier alpha value is -1.82. The number of nitrogens with zero attached hydrogens (tertiary/aromatic N) is 2. The van der Waals surface area contributed by atoms with Crippen LogP contribution in [-0.4, -0.2) is 11.4 Å². The maximum absolute atomic E-state index is 8.49. The van der Waals surface area contributed by atoms with Crippen molar-refractivity contribution in [2.24, 2.45) is 5.16 Å². The fourth-order valence-electron chi connectivity index (χ4n) is 0.862. The first-order chi connectivity index (χ1) is 5.86. The standard InChI is InChI=1S/C9H8N2O/c10-7-9-3-1-8(2-4-9)5-6-11-12/h1-4,6,12H,5H2/b11-6-. The lowest BCUT2D eigenvalue weighted by molar-refractivity contribution is 0.321. The van der Waals surface area contributed by atoms with Gasteiger partial charge in [0, 0.05) is 12.6 Å². The van der Waals surface area contributed by atoms with Gasteiger partial charge in [0.2, 0.25) is 0 Å². The van der Waals surface area contributed by atoms with E-state index in [0.29, 0.717) is 12.0 Å². The van der Waals surface area contributed by atoms with Gasteiger partial charge in [-0.1, -0.05) is 12.1 Å². The number of rotatable bonds is 2. The van der Waals surface area contributed by atoms with Gasteiger partial charge in [0.15, 0.2) is 0 Å². The van der Waals surface area contributed by atoms with Crippen LogP contribution >= 0.6 is 0 Å². The highest BCUT2D eigenvalue weighted by Gasteiger charge is 1.90. The minimum atomic E-state index is 0.586.